The average Bonchev–Trinajstić information content (AvgIpc) is 3.03. The zero-order valence-corrected chi connectivity index (χ0v) is 13.0. The number of hydrogen-bond donors (Lipinski definition) is 3. The number of H-pyrrole nitrogens is 1. The maximum absolute atomic E-state index is 12.6. The van der Waals surface area contributed by atoms with Crippen molar-refractivity contribution >= 4 is 11.9 Å². The summed E-state index contributed by atoms with van der Waals surface area (Å²) >= 11 is 0. The SMILES string of the molecule is C[C@@H]1CN(C(=O)c2cc(-c3ccccc3O)n[nH]2)C[C@@H](C(=O)O)O1. The molecular formula is C16H17N3O5. The number of aromatic hydroxyl groups is 1. The van der Waals surface area contributed by atoms with Gasteiger partial charge in [0, 0.05) is 12.1 Å². The van der Waals surface area contributed by atoms with Crippen LogP contribution in [0.15, 0.2) is 30.3 Å². The van der Waals surface area contributed by atoms with Crippen LogP contribution in [-0.2, 0) is 9.53 Å². The van der Waals surface area contributed by atoms with Gasteiger partial charge in [-0.25, -0.2) is 4.79 Å². The van der Waals surface area contributed by atoms with Gasteiger partial charge in [0.25, 0.3) is 5.91 Å². The Bertz CT molecular complexity index is 773. The lowest BCUT2D eigenvalue weighted by Gasteiger charge is -2.34. The molecular weight excluding hydrogens is 314 g/mol. The molecule has 0 aliphatic carbocycles. The number of carbonyl (C=O) groups excluding carboxylic acids is 1. The van der Waals surface area contributed by atoms with Crippen molar-refractivity contribution in [1.29, 1.82) is 0 Å². The second-order valence-electron chi connectivity index (χ2n) is 5.67. The molecule has 0 spiro atoms. The summed E-state index contributed by atoms with van der Waals surface area (Å²) in [5.41, 5.74) is 1.17. The zero-order chi connectivity index (χ0) is 17.3. The minimum absolute atomic E-state index is 0.0244. The van der Waals surface area contributed by atoms with E-state index in [2.05, 4.69) is 10.2 Å². The number of phenols is 1. The van der Waals surface area contributed by atoms with Crippen molar-refractivity contribution in [2.45, 2.75) is 19.1 Å². The number of aromatic nitrogens is 2. The fourth-order valence-corrected chi connectivity index (χ4v) is 2.68. The predicted octanol–water partition coefficient (Wildman–Crippen LogP) is 1.10. The summed E-state index contributed by atoms with van der Waals surface area (Å²) in [4.78, 5) is 25.1. The van der Waals surface area contributed by atoms with Crippen molar-refractivity contribution in [3.8, 4) is 17.0 Å². The Morgan fingerprint density at radius 2 is 2.08 bits per heavy atom. The molecule has 1 aromatic carbocycles. The highest BCUT2D eigenvalue weighted by molar-refractivity contribution is 5.94. The highest BCUT2D eigenvalue weighted by Crippen LogP contribution is 2.27. The number of morpholine rings is 1. The van der Waals surface area contributed by atoms with E-state index in [9.17, 15) is 14.7 Å². The van der Waals surface area contributed by atoms with E-state index in [0.717, 1.165) is 0 Å². The monoisotopic (exact) mass is 331 g/mol. The largest absolute Gasteiger partial charge is 0.507 e. The van der Waals surface area contributed by atoms with E-state index >= 15 is 0 Å². The maximum Gasteiger partial charge on any atom is 0.334 e. The number of carbonyl (C=O) groups is 2. The van der Waals surface area contributed by atoms with Gasteiger partial charge in [-0.05, 0) is 25.1 Å². The van der Waals surface area contributed by atoms with Crippen LogP contribution in [0.25, 0.3) is 11.3 Å². The zero-order valence-electron chi connectivity index (χ0n) is 13.0. The topological polar surface area (TPSA) is 116 Å². The third kappa shape index (κ3) is 3.09. The first-order chi connectivity index (χ1) is 11.5. The number of carboxylic acids is 1. The summed E-state index contributed by atoms with van der Waals surface area (Å²) in [5.74, 6) is -1.39. The van der Waals surface area contributed by atoms with E-state index in [-0.39, 0.29) is 30.0 Å². The van der Waals surface area contributed by atoms with Crippen molar-refractivity contribution in [1.82, 2.24) is 15.1 Å². The smallest absolute Gasteiger partial charge is 0.334 e. The molecule has 8 heteroatoms. The number of nitrogens with one attached hydrogen (secondary N) is 1. The Morgan fingerprint density at radius 1 is 1.33 bits per heavy atom. The second-order valence-corrected chi connectivity index (χ2v) is 5.67. The van der Waals surface area contributed by atoms with Gasteiger partial charge in [0.05, 0.1) is 18.3 Å². The van der Waals surface area contributed by atoms with Crippen LogP contribution in [0.1, 0.15) is 17.4 Å². The molecule has 8 nitrogen and oxygen atoms in total. The normalized spacial score (nSPS) is 20.8. The van der Waals surface area contributed by atoms with E-state index in [0.29, 0.717) is 17.8 Å². The van der Waals surface area contributed by atoms with Crippen molar-refractivity contribution in [3.05, 3.63) is 36.0 Å². The number of aromatic amines is 1. The molecule has 1 aromatic heterocycles. The summed E-state index contributed by atoms with van der Waals surface area (Å²) in [6, 6.07) is 8.21. The molecule has 1 saturated heterocycles. The molecule has 1 fully saturated rings. The predicted molar refractivity (Wildman–Crippen MR) is 83.6 cm³/mol. The summed E-state index contributed by atoms with van der Waals surface area (Å²) in [6.45, 7) is 1.99. The Labute approximate surface area is 137 Å². The number of ether oxygens (including phenoxy) is 1. The van der Waals surface area contributed by atoms with Gasteiger partial charge in [-0.3, -0.25) is 9.89 Å². The van der Waals surface area contributed by atoms with Crippen LogP contribution in [0, 0.1) is 0 Å². The number of rotatable bonds is 3. The lowest BCUT2D eigenvalue weighted by Crippen LogP contribution is -2.51. The molecule has 2 heterocycles. The maximum atomic E-state index is 12.6. The van der Waals surface area contributed by atoms with Gasteiger partial charge in [-0.15, -0.1) is 0 Å². The number of amides is 1. The third-order valence-corrected chi connectivity index (χ3v) is 3.81. The molecule has 0 bridgehead atoms. The van der Waals surface area contributed by atoms with Crippen LogP contribution in [-0.4, -0.2) is 62.5 Å². The van der Waals surface area contributed by atoms with Crippen molar-refractivity contribution in [2.24, 2.45) is 0 Å². The van der Waals surface area contributed by atoms with Gasteiger partial charge in [0.15, 0.2) is 6.10 Å². The Kier molecular flexibility index (Phi) is 4.22. The molecule has 0 unspecified atom stereocenters. The first-order valence-electron chi connectivity index (χ1n) is 7.47. The average molecular weight is 331 g/mol. The molecule has 1 aliphatic heterocycles. The number of nitrogens with zero attached hydrogens (tertiary/aromatic N) is 2. The summed E-state index contributed by atoms with van der Waals surface area (Å²) in [7, 11) is 0. The fraction of sp³-hybridized carbons (Fsp3) is 0.312. The first kappa shape index (κ1) is 16.0. The molecule has 1 aliphatic rings. The summed E-state index contributed by atoms with van der Waals surface area (Å²) in [6.07, 6.45) is -1.41. The number of benzene rings is 1. The Morgan fingerprint density at radius 3 is 2.79 bits per heavy atom. The Balaban J connectivity index is 1.81. The van der Waals surface area contributed by atoms with Crippen molar-refractivity contribution in [3.63, 3.8) is 0 Å². The molecule has 0 radical (unpaired) electrons. The second kappa shape index (κ2) is 6.32. The van der Waals surface area contributed by atoms with E-state index in [4.69, 9.17) is 9.84 Å². The molecule has 2 aromatic rings. The lowest BCUT2D eigenvalue weighted by atomic mass is 10.1. The molecule has 3 rings (SSSR count). The molecule has 0 saturated carbocycles. The third-order valence-electron chi connectivity index (χ3n) is 3.81. The van der Waals surface area contributed by atoms with E-state index in [1.807, 2.05) is 0 Å². The highest BCUT2D eigenvalue weighted by atomic mass is 16.5. The standard InChI is InChI=1S/C16H17N3O5/c1-9-7-19(8-14(24-9)16(22)23)15(21)12-6-11(17-18-12)10-4-2-3-5-13(10)20/h2-6,9,14,20H,7-8H2,1H3,(H,17,18)(H,22,23)/t9-,14+/m1/s1. The van der Waals surface area contributed by atoms with Crippen LogP contribution in [0.3, 0.4) is 0 Å². The first-order valence-corrected chi connectivity index (χ1v) is 7.47. The van der Waals surface area contributed by atoms with Gasteiger partial charge in [-0.1, -0.05) is 12.1 Å². The molecule has 3 N–H and O–H groups in total. The van der Waals surface area contributed by atoms with E-state index in [1.165, 1.54) is 17.0 Å². The minimum atomic E-state index is -1.10. The van der Waals surface area contributed by atoms with Crippen LogP contribution < -0.4 is 0 Å². The number of para-hydroxylation sites is 1. The summed E-state index contributed by atoms with van der Waals surface area (Å²) < 4.78 is 5.30. The van der Waals surface area contributed by atoms with Gasteiger partial charge < -0.3 is 19.8 Å². The molecule has 2 atom stereocenters. The quantitative estimate of drug-likeness (QED) is 0.775. The lowest BCUT2D eigenvalue weighted by molar-refractivity contribution is -0.160. The van der Waals surface area contributed by atoms with E-state index in [1.54, 1.807) is 25.1 Å². The number of hydrogen-bond acceptors (Lipinski definition) is 5. The van der Waals surface area contributed by atoms with Gasteiger partial charge >= 0.3 is 5.97 Å². The van der Waals surface area contributed by atoms with E-state index < -0.39 is 12.1 Å². The highest BCUT2D eigenvalue weighted by Gasteiger charge is 2.33. The number of phenolic OH excluding ortho intramolecular Hbond substituents is 1. The van der Waals surface area contributed by atoms with Crippen molar-refractivity contribution in [2.75, 3.05) is 13.1 Å². The van der Waals surface area contributed by atoms with Gasteiger partial charge in [-0.2, -0.15) is 5.10 Å². The molecule has 126 valence electrons. The van der Waals surface area contributed by atoms with Gasteiger partial charge in [0.1, 0.15) is 11.4 Å². The van der Waals surface area contributed by atoms with Crippen molar-refractivity contribution < 1.29 is 24.5 Å². The van der Waals surface area contributed by atoms with Gasteiger partial charge in [0.2, 0.25) is 0 Å². The van der Waals surface area contributed by atoms with Crippen LogP contribution in [0.5, 0.6) is 5.75 Å². The number of aliphatic carboxylic acids is 1. The summed E-state index contributed by atoms with van der Waals surface area (Å²) in [5, 5.41) is 25.7. The molecule has 1 amide bonds. The fourth-order valence-electron chi connectivity index (χ4n) is 2.68. The molecule has 24 heavy (non-hydrogen) atoms. The van der Waals surface area contributed by atoms with Crippen LogP contribution in [0.4, 0.5) is 0 Å². The van der Waals surface area contributed by atoms with Crippen LogP contribution in [0.2, 0.25) is 0 Å². The van der Waals surface area contributed by atoms with Crippen LogP contribution >= 0.6 is 0 Å². The Hall–Kier alpha value is -2.87. The number of carboxylic acid groups (broad SMARTS) is 1. The minimum Gasteiger partial charge on any atom is -0.507 e.